The minimum atomic E-state index is 0.656. The third kappa shape index (κ3) is 5.21. The van der Waals surface area contributed by atoms with Crippen LogP contribution in [-0.2, 0) is 13.0 Å². The zero-order valence-electron chi connectivity index (χ0n) is 15.8. The molecule has 0 radical (unpaired) electrons. The summed E-state index contributed by atoms with van der Waals surface area (Å²) in [6, 6.07) is 17.3. The van der Waals surface area contributed by atoms with Crippen molar-refractivity contribution in [1.82, 2.24) is 5.32 Å². The number of nitrogens with one attached hydrogen (secondary N) is 2. The minimum Gasteiger partial charge on any atom is -0.371 e. The van der Waals surface area contributed by atoms with Crippen LogP contribution in [0.3, 0.4) is 0 Å². The summed E-state index contributed by atoms with van der Waals surface area (Å²) >= 11 is 5.41. The second-order valence-electron chi connectivity index (χ2n) is 7.22. The number of thiocarbonyl (C=S) groups is 1. The largest absolute Gasteiger partial charge is 0.371 e. The van der Waals surface area contributed by atoms with E-state index < -0.39 is 0 Å². The van der Waals surface area contributed by atoms with Crippen LogP contribution in [0, 0.1) is 5.92 Å². The van der Waals surface area contributed by atoms with Crippen molar-refractivity contribution in [2.24, 2.45) is 5.92 Å². The van der Waals surface area contributed by atoms with Gasteiger partial charge in [-0.2, -0.15) is 0 Å². The lowest BCUT2D eigenvalue weighted by atomic mass is 9.99. The topological polar surface area (TPSA) is 27.3 Å². The zero-order chi connectivity index (χ0) is 18.4. The van der Waals surface area contributed by atoms with Crippen molar-refractivity contribution in [2.45, 2.75) is 39.7 Å². The standard InChI is InChI=1S/C22H29N3S/c1-3-18-6-10-20(11-7-18)24-22(26)23-15-19-8-12-21(13-9-19)25-14-4-5-17(2)16-25/h6-13,17H,3-5,14-16H2,1-2H3,(H2,23,24,26)/t17-/m1/s1. The average Bonchev–Trinajstić information content (AvgIpc) is 2.67. The highest BCUT2D eigenvalue weighted by molar-refractivity contribution is 7.80. The van der Waals surface area contributed by atoms with Crippen molar-refractivity contribution >= 4 is 28.7 Å². The van der Waals surface area contributed by atoms with Gasteiger partial charge in [0.25, 0.3) is 0 Å². The fourth-order valence-electron chi connectivity index (χ4n) is 3.43. The van der Waals surface area contributed by atoms with E-state index in [0.29, 0.717) is 5.11 Å². The van der Waals surface area contributed by atoms with Gasteiger partial charge < -0.3 is 15.5 Å². The SMILES string of the molecule is CCc1ccc(NC(=S)NCc2ccc(N3CCC[C@@H](C)C3)cc2)cc1. The van der Waals surface area contributed by atoms with E-state index in [2.05, 4.69) is 77.9 Å². The molecule has 0 saturated carbocycles. The van der Waals surface area contributed by atoms with Crippen molar-refractivity contribution in [3.8, 4) is 0 Å². The Hall–Kier alpha value is -2.07. The fourth-order valence-corrected chi connectivity index (χ4v) is 3.62. The predicted molar refractivity (Wildman–Crippen MR) is 116 cm³/mol. The van der Waals surface area contributed by atoms with Crippen molar-refractivity contribution in [2.75, 3.05) is 23.3 Å². The maximum Gasteiger partial charge on any atom is 0.171 e. The molecule has 0 spiro atoms. The lowest BCUT2D eigenvalue weighted by molar-refractivity contribution is 0.447. The molecule has 3 nitrogen and oxygen atoms in total. The van der Waals surface area contributed by atoms with Gasteiger partial charge in [0.05, 0.1) is 0 Å². The molecular formula is C22H29N3S. The van der Waals surface area contributed by atoms with Crippen LogP contribution in [-0.4, -0.2) is 18.2 Å². The number of nitrogens with zero attached hydrogens (tertiary/aromatic N) is 1. The van der Waals surface area contributed by atoms with E-state index in [9.17, 15) is 0 Å². The van der Waals surface area contributed by atoms with E-state index in [1.807, 2.05) is 0 Å². The number of piperidine rings is 1. The number of aryl methyl sites for hydroxylation is 1. The molecule has 1 atom stereocenters. The summed E-state index contributed by atoms with van der Waals surface area (Å²) in [5.41, 5.74) is 4.92. The first kappa shape index (κ1) is 18.7. The molecule has 1 heterocycles. The Bertz CT molecular complexity index is 709. The average molecular weight is 368 g/mol. The summed E-state index contributed by atoms with van der Waals surface area (Å²) in [6.45, 7) is 7.57. The number of benzene rings is 2. The molecule has 1 fully saturated rings. The van der Waals surface area contributed by atoms with Crippen LogP contribution in [0.25, 0.3) is 0 Å². The van der Waals surface area contributed by atoms with E-state index in [1.54, 1.807) is 0 Å². The molecule has 1 aliphatic heterocycles. The van der Waals surface area contributed by atoms with Gasteiger partial charge in [-0.1, -0.05) is 38.1 Å². The number of hydrogen-bond acceptors (Lipinski definition) is 2. The number of anilines is 2. The normalized spacial score (nSPS) is 17.0. The van der Waals surface area contributed by atoms with Crippen molar-refractivity contribution in [3.05, 3.63) is 59.7 Å². The molecule has 0 aliphatic carbocycles. The summed E-state index contributed by atoms with van der Waals surface area (Å²) in [6.07, 6.45) is 3.70. The van der Waals surface area contributed by atoms with E-state index in [0.717, 1.165) is 24.6 Å². The van der Waals surface area contributed by atoms with Crippen LogP contribution >= 0.6 is 12.2 Å². The Morgan fingerprint density at radius 2 is 1.77 bits per heavy atom. The van der Waals surface area contributed by atoms with Gasteiger partial charge in [-0.15, -0.1) is 0 Å². The van der Waals surface area contributed by atoms with Gasteiger partial charge >= 0.3 is 0 Å². The van der Waals surface area contributed by atoms with E-state index in [-0.39, 0.29) is 0 Å². The third-order valence-electron chi connectivity index (χ3n) is 5.03. The maximum absolute atomic E-state index is 5.41. The Morgan fingerprint density at radius 1 is 1.08 bits per heavy atom. The Kier molecular flexibility index (Phi) is 6.51. The smallest absolute Gasteiger partial charge is 0.171 e. The molecule has 138 valence electrons. The highest BCUT2D eigenvalue weighted by Gasteiger charge is 2.16. The van der Waals surface area contributed by atoms with Gasteiger partial charge in [0.1, 0.15) is 0 Å². The quantitative estimate of drug-likeness (QED) is 0.730. The van der Waals surface area contributed by atoms with Gasteiger partial charge in [-0.3, -0.25) is 0 Å². The number of hydrogen-bond donors (Lipinski definition) is 2. The van der Waals surface area contributed by atoms with Crippen molar-refractivity contribution in [3.63, 3.8) is 0 Å². The molecule has 0 aromatic heterocycles. The minimum absolute atomic E-state index is 0.656. The van der Waals surface area contributed by atoms with Gasteiger partial charge in [0.15, 0.2) is 5.11 Å². The number of rotatable bonds is 5. The molecule has 1 saturated heterocycles. The molecule has 4 heteroatoms. The van der Waals surface area contributed by atoms with Crippen LogP contribution < -0.4 is 15.5 Å². The van der Waals surface area contributed by atoms with Crippen LogP contribution in [0.15, 0.2) is 48.5 Å². The predicted octanol–water partition coefficient (Wildman–Crippen LogP) is 4.97. The second-order valence-corrected chi connectivity index (χ2v) is 7.63. The van der Waals surface area contributed by atoms with Gasteiger partial charge in [-0.25, -0.2) is 0 Å². The first-order chi connectivity index (χ1) is 12.6. The molecule has 2 aromatic rings. The summed E-state index contributed by atoms with van der Waals surface area (Å²) < 4.78 is 0. The van der Waals surface area contributed by atoms with Gasteiger partial charge in [0.2, 0.25) is 0 Å². The van der Waals surface area contributed by atoms with E-state index in [4.69, 9.17) is 12.2 Å². The van der Waals surface area contributed by atoms with Crippen LogP contribution in [0.4, 0.5) is 11.4 Å². The summed E-state index contributed by atoms with van der Waals surface area (Å²) in [4.78, 5) is 2.50. The molecule has 1 aliphatic rings. The fraction of sp³-hybridized carbons (Fsp3) is 0.409. The molecular weight excluding hydrogens is 338 g/mol. The van der Waals surface area contributed by atoms with Gasteiger partial charge in [-0.05, 0) is 72.8 Å². The highest BCUT2D eigenvalue weighted by Crippen LogP contribution is 2.23. The Balaban J connectivity index is 1.48. The summed E-state index contributed by atoms with van der Waals surface area (Å²) in [5, 5.41) is 7.19. The zero-order valence-corrected chi connectivity index (χ0v) is 16.6. The van der Waals surface area contributed by atoms with Crippen LogP contribution in [0.5, 0.6) is 0 Å². The highest BCUT2D eigenvalue weighted by atomic mass is 32.1. The third-order valence-corrected chi connectivity index (χ3v) is 5.28. The first-order valence-electron chi connectivity index (χ1n) is 9.61. The lowest BCUT2D eigenvalue weighted by Crippen LogP contribution is -2.34. The molecule has 2 aromatic carbocycles. The van der Waals surface area contributed by atoms with E-state index >= 15 is 0 Å². The van der Waals surface area contributed by atoms with Crippen LogP contribution in [0.1, 0.15) is 37.8 Å². The lowest BCUT2D eigenvalue weighted by Gasteiger charge is -2.32. The maximum atomic E-state index is 5.41. The Morgan fingerprint density at radius 3 is 2.42 bits per heavy atom. The first-order valence-corrected chi connectivity index (χ1v) is 10.0. The molecule has 26 heavy (non-hydrogen) atoms. The molecule has 2 N–H and O–H groups in total. The molecule has 0 amide bonds. The second kappa shape index (κ2) is 9.04. The Labute approximate surface area is 162 Å². The summed E-state index contributed by atoms with van der Waals surface area (Å²) in [5.74, 6) is 0.792. The van der Waals surface area contributed by atoms with Crippen molar-refractivity contribution < 1.29 is 0 Å². The summed E-state index contributed by atoms with van der Waals surface area (Å²) in [7, 11) is 0. The monoisotopic (exact) mass is 367 g/mol. The molecule has 3 rings (SSSR count). The molecule has 0 unspecified atom stereocenters. The van der Waals surface area contributed by atoms with Crippen LogP contribution in [0.2, 0.25) is 0 Å². The van der Waals surface area contributed by atoms with Gasteiger partial charge in [0, 0.05) is 31.0 Å². The van der Waals surface area contributed by atoms with E-state index in [1.165, 1.54) is 42.7 Å². The van der Waals surface area contributed by atoms with Crippen molar-refractivity contribution in [1.29, 1.82) is 0 Å². The molecule has 0 bridgehead atoms.